The Morgan fingerprint density at radius 2 is 1.93 bits per heavy atom. The maximum absolute atomic E-state index is 11.3. The van der Waals surface area contributed by atoms with Crippen LogP contribution in [0, 0.1) is 5.92 Å². The number of hydrogen-bond acceptors (Lipinski definition) is 3. The number of aliphatic carboxylic acids is 1. The van der Waals surface area contributed by atoms with Crippen molar-refractivity contribution in [2.24, 2.45) is 5.92 Å². The zero-order chi connectivity index (χ0) is 12.0. The first-order valence-electron chi connectivity index (χ1n) is 5.06. The van der Waals surface area contributed by atoms with E-state index in [1.807, 2.05) is 13.8 Å². The Labute approximate surface area is 90.0 Å². The first-order valence-corrected chi connectivity index (χ1v) is 5.06. The SMILES string of the molecule is CCC(C)C(C(=O)O)N(CC)C(=O)OC. The quantitative estimate of drug-likeness (QED) is 0.759. The largest absolute Gasteiger partial charge is 0.480 e. The molecule has 0 saturated carbocycles. The van der Waals surface area contributed by atoms with Crippen molar-refractivity contribution in [3.63, 3.8) is 0 Å². The molecule has 0 aromatic carbocycles. The van der Waals surface area contributed by atoms with Gasteiger partial charge in [0.2, 0.25) is 0 Å². The standard InChI is InChI=1S/C10H19NO4/c1-5-7(3)8(9(12)13)11(6-2)10(14)15-4/h7-8H,5-6H2,1-4H3,(H,12,13). The highest BCUT2D eigenvalue weighted by molar-refractivity contribution is 5.80. The number of carboxylic acid groups (broad SMARTS) is 1. The molecule has 0 heterocycles. The molecular weight excluding hydrogens is 198 g/mol. The first-order chi connectivity index (χ1) is 6.99. The van der Waals surface area contributed by atoms with Gasteiger partial charge in [-0.3, -0.25) is 4.90 Å². The third-order valence-corrected chi connectivity index (χ3v) is 2.52. The van der Waals surface area contributed by atoms with E-state index in [0.29, 0.717) is 13.0 Å². The number of nitrogens with zero attached hydrogens (tertiary/aromatic N) is 1. The maximum Gasteiger partial charge on any atom is 0.410 e. The third-order valence-electron chi connectivity index (χ3n) is 2.52. The average Bonchev–Trinajstić information content (AvgIpc) is 2.22. The van der Waals surface area contributed by atoms with Gasteiger partial charge >= 0.3 is 12.1 Å². The van der Waals surface area contributed by atoms with E-state index in [-0.39, 0.29) is 5.92 Å². The van der Waals surface area contributed by atoms with Crippen LogP contribution in [0.5, 0.6) is 0 Å². The molecule has 0 aromatic heterocycles. The van der Waals surface area contributed by atoms with Crippen LogP contribution in [0.25, 0.3) is 0 Å². The summed E-state index contributed by atoms with van der Waals surface area (Å²) in [6, 6.07) is -0.813. The molecule has 0 aliphatic heterocycles. The van der Waals surface area contributed by atoms with Gasteiger partial charge < -0.3 is 9.84 Å². The summed E-state index contributed by atoms with van der Waals surface area (Å²) in [5.74, 6) is -1.09. The van der Waals surface area contributed by atoms with Crippen LogP contribution >= 0.6 is 0 Å². The highest BCUT2D eigenvalue weighted by Gasteiger charge is 2.32. The summed E-state index contributed by atoms with van der Waals surface area (Å²) < 4.78 is 4.55. The van der Waals surface area contributed by atoms with Gasteiger partial charge in [-0.2, -0.15) is 0 Å². The zero-order valence-corrected chi connectivity index (χ0v) is 9.69. The molecule has 0 saturated heterocycles. The molecule has 2 atom stereocenters. The van der Waals surface area contributed by atoms with Crippen molar-refractivity contribution < 1.29 is 19.4 Å². The molecule has 0 aliphatic carbocycles. The minimum atomic E-state index is -0.989. The van der Waals surface area contributed by atoms with Crippen LogP contribution in [0.3, 0.4) is 0 Å². The number of carboxylic acids is 1. The van der Waals surface area contributed by atoms with Crippen LogP contribution in [0.1, 0.15) is 27.2 Å². The summed E-state index contributed by atoms with van der Waals surface area (Å²) in [4.78, 5) is 23.7. The van der Waals surface area contributed by atoms with Gasteiger partial charge in [-0.1, -0.05) is 20.3 Å². The molecule has 0 aliphatic rings. The van der Waals surface area contributed by atoms with Crippen molar-refractivity contribution in [1.82, 2.24) is 4.90 Å². The predicted octanol–water partition coefficient (Wildman–Crippen LogP) is 1.57. The number of methoxy groups -OCH3 is 1. The molecule has 0 spiro atoms. The Morgan fingerprint density at radius 1 is 1.40 bits per heavy atom. The van der Waals surface area contributed by atoms with Gasteiger partial charge in [0.05, 0.1) is 7.11 Å². The molecule has 0 bridgehead atoms. The van der Waals surface area contributed by atoms with Crippen molar-refractivity contribution >= 4 is 12.1 Å². The smallest absolute Gasteiger partial charge is 0.410 e. The van der Waals surface area contributed by atoms with Gasteiger partial charge in [0.25, 0.3) is 0 Å². The fourth-order valence-electron chi connectivity index (χ4n) is 1.46. The molecule has 0 rings (SSSR count). The number of carbonyl (C=O) groups is 2. The Bertz CT molecular complexity index is 229. The minimum Gasteiger partial charge on any atom is -0.480 e. The summed E-state index contributed by atoms with van der Waals surface area (Å²) >= 11 is 0. The van der Waals surface area contributed by atoms with E-state index in [0.717, 1.165) is 0 Å². The van der Waals surface area contributed by atoms with Gasteiger partial charge in [0.1, 0.15) is 6.04 Å². The molecular formula is C10H19NO4. The van der Waals surface area contributed by atoms with E-state index < -0.39 is 18.1 Å². The summed E-state index contributed by atoms with van der Waals surface area (Å²) in [5, 5.41) is 9.07. The van der Waals surface area contributed by atoms with Gasteiger partial charge in [-0.25, -0.2) is 9.59 Å². The Kier molecular flexibility index (Phi) is 5.74. The van der Waals surface area contributed by atoms with Crippen LogP contribution in [-0.4, -0.2) is 41.8 Å². The van der Waals surface area contributed by atoms with E-state index >= 15 is 0 Å². The van der Waals surface area contributed by atoms with E-state index in [1.165, 1.54) is 12.0 Å². The van der Waals surface area contributed by atoms with E-state index in [2.05, 4.69) is 4.74 Å². The number of likely N-dealkylation sites (N-methyl/N-ethyl adjacent to an activating group) is 1. The van der Waals surface area contributed by atoms with Crippen LogP contribution in [-0.2, 0) is 9.53 Å². The number of rotatable bonds is 5. The van der Waals surface area contributed by atoms with Crippen LogP contribution in [0.4, 0.5) is 4.79 Å². The van der Waals surface area contributed by atoms with Crippen molar-refractivity contribution in [2.45, 2.75) is 33.2 Å². The number of hydrogen-bond donors (Lipinski definition) is 1. The van der Waals surface area contributed by atoms with Gasteiger partial charge in [-0.05, 0) is 12.8 Å². The summed E-state index contributed by atoms with van der Waals surface area (Å²) in [6.07, 6.45) is 0.106. The summed E-state index contributed by atoms with van der Waals surface area (Å²) in [6.45, 7) is 5.76. The van der Waals surface area contributed by atoms with Crippen LogP contribution in [0.15, 0.2) is 0 Å². The van der Waals surface area contributed by atoms with Crippen LogP contribution in [0.2, 0.25) is 0 Å². The molecule has 5 heteroatoms. The molecule has 0 fully saturated rings. The van der Waals surface area contributed by atoms with E-state index in [4.69, 9.17) is 5.11 Å². The fraction of sp³-hybridized carbons (Fsp3) is 0.800. The van der Waals surface area contributed by atoms with Crippen molar-refractivity contribution in [2.75, 3.05) is 13.7 Å². The second-order valence-corrected chi connectivity index (χ2v) is 3.42. The second-order valence-electron chi connectivity index (χ2n) is 3.42. The lowest BCUT2D eigenvalue weighted by molar-refractivity contribution is -0.144. The van der Waals surface area contributed by atoms with Crippen molar-refractivity contribution in [3.05, 3.63) is 0 Å². The third kappa shape index (κ3) is 3.42. The Balaban J connectivity index is 4.85. The first kappa shape index (κ1) is 13.7. The lowest BCUT2D eigenvalue weighted by Crippen LogP contribution is -2.48. The van der Waals surface area contributed by atoms with Crippen molar-refractivity contribution in [3.8, 4) is 0 Å². The fourth-order valence-corrected chi connectivity index (χ4v) is 1.46. The molecule has 0 radical (unpaired) electrons. The minimum absolute atomic E-state index is 0.0958. The molecule has 2 unspecified atom stereocenters. The lowest BCUT2D eigenvalue weighted by atomic mass is 9.98. The average molecular weight is 217 g/mol. The number of amides is 1. The summed E-state index contributed by atoms with van der Waals surface area (Å²) in [5.41, 5.74) is 0. The van der Waals surface area contributed by atoms with E-state index in [9.17, 15) is 9.59 Å². The molecule has 0 aromatic rings. The predicted molar refractivity (Wildman–Crippen MR) is 55.7 cm³/mol. The van der Waals surface area contributed by atoms with Crippen LogP contribution < -0.4 is 0 Å². The normalized spacial score (nSPS) is 14.1. The second kappa shape index (κ2) is 6.27. The monoisotopic (exact) mass is 217 g/mol. The lowest BCUT2D eigenvalue weighted by Gasteiger charge is -2.30. The molecule has 5 nitrogen and oxygen atoms in total. The Hall–Kier alpha value is -1.26. The molecule has 88 valence electrons. The summed E-state index contributed by atoms with van der Waals surface area (Å²) in [7, 11) is 1.25. The van der Waals surface area contributed by atoms with Gasteiger partial charge in [-0.15, -0.1) is 0 Å². The zero-order valence-electron chi connectivity index (χ0n) is 9.69. The highest BCUT2D eigenvalue weighted by atomic mass is 16.5. The highest BCUT2D eigenvalue weighted by Crippen LogP contribution is 2.15. The molecule has 1 N–H and O–H groups in total. The Morgan fingerprint density at radius 3 is 2.20 bits per heavy atom. The number of ether oxygens (including phenoxy) is 1. The van der Waals surface area contributed by atoms with Crippen molar-refractivity contribution in [1.29, 1.82) is 0 Å². The van der Waals surface area contributed by atoms with Gasteiger partial charge in [0.15, 0.2) is 0 Å². The maximum atomic E-state index is 11.3. The topological polar surface area (TPSA) is 66.8 Å². The van der Waals surface area contributed by atoms with Gasteiger partial charge in [0, 0.05) is 6.54 Å². The van der Waals surface area contributed by atoms with E-state index in [1.54, 1.807) is 6.92 Å². The molecule has 15 heavy (non-hydrogen) atoms. The molecule has 1 amide bonds. The number of carbonyl (C=O) groups excluding carboxylic acids is 1.